The summed E-state index contributed by atoms with van der Waals surface area (Å²) >= 11 is 0. The van der Waals surface area contributed by atoms with Crippen LogP contribution in [0.25, 0.3) is 0 Å². The van der Waals surface area contributed by atoms with Crippen molar-refractivity contribution in [2.75, 3.05) is 0 Å². The van der Waals surface area contributed by atoms with Gasteiger partial charge in [-0.1, -0.05) is 20.3 Å². The SMILES string of the molecule is CCCCC(=O)O.CCc1cc(C)c(C(=O)c2ccc(C#N)cc2)n1C. The first-order chi connectivity index (χ1) is 12.3. The number of benzene rings is 1. The van der Waals surface area contributed by atoms with Gasteiger partial charge in [0.1, 0.15) is 0 Å². The van der Waals surface area contributed by atoms with Crippen molar-refractivity contribution in [3.8, 4) is 6.07 Å². The number of carbonyl (C=O) groups is 2. The highest BCUT2D eigenvalue weighted by Crippen LogP contribution is 2.19. The third-order valence-corrected chi connectivity index (χ3v) is 4.12. The number of unbranched alkanes of at least 4 members (excludes halogenated alkanes) is 1. The zero-order chi connectivity index (χ0) is 19.7. The Kier molecular flexibility index (Phi) is 8.30. The molecule has 0 amide bonds. The third kappa shape index (κ3) is 5.59. The fourth-order valence-electron chi connectivity index (χ4n) is 2.65. The van der Waals surface area contributed by atoms with Gasteiger partial charge in [0.15, 0.2) is 0 Å². The first kappa shape index (κ1) is 21.2. The second kappa shape index (κ2) is 10.2. The van der Waals surface area contributed by atoms with Gasteiger partial charge < -0.3 is 9.67 Å². The van der Waals surface area contributed by atoms with E-state index in [0.29, 0.717) is 17.5 Å². The summed E-state index contributed by atoms with van der Waals surface area (Å²) in [6.45, 7) is 6.00. The molecule has 0 aliphatic carbocycles. The molecule has 0 unspecified atom stereocenters. The summed E-state index contributed by atoms with van der Waals surface area (Å²) in [4.78, 5) is 22.3. The van der Waals surface area contributed by atoms with Crippen molar-refractivity contribution >= 4 is 11.8 Å². The molecular weight excluding hydrogens is 328 g/mol. The Bertz CT molecular complexity index is 796. The number of hydrogen-bond acceptors (Lipinski definition) is 3. The molecule has 1 aromatic heterocycles. The standard InChI is InChI=1S/C16H16N2O.C5H10O2/c1-4-14-9-11(2)15(18(14)3)16(19)13-7-5-12(10-17)6-8-13;1-2-3-4-5(6)7/h5-9H,4H2,1-3H3;2-4H2,1H3,(H,6,7). The van der Waals surface area contributed by atoms with E-state index in [9.17, 15) is 9.59 Å². The lowest BCUT2D eigenvalue weighted by Gasteiger charge is -2.07. The molecule has 138 valence electrons. The Hall–Kier alpha value is -2.87. The van der Waals surface area contributed by atoms with E-state index in [1.165, 1.54) is 0 Å². The molecule has 1 N–H and O–H groups in total. The number of carboxylic acids is 1. The van der Waals surface area contributed by atoms with Crippen molar-refractivity contribution in [1.29, 1.82) is 5.26 Å². The van der Waals surface area contributed by atoms with Crippen molar-refractivity contribution in [3.63, 3.8) is 0 Å². The van der Waals surface area contributed by atoms with Crippen molar-refractivity contribution in [1.82, 2.24) is 4.57 Å². The van der Waals surface area contributed by atoms with Crippen LogP contribution >= 0.6 is 0 Å². The van der Waals surface area contributed by atoms with Gasteiger partial charge in [0, 0.05) is 24.7 Å². The fourth-order valence-corrected chi connectivity index (χ4v) is 2.65. The number of aryl methyl sites for hydroxylation is 2. The summed E-state index contributed by atoms with van der Waals surface area (Å²) in [5.41, 5.74) is 4.05. The molecule has 0 fully saturated rings. The first-order valence-electron chi connectivity index (χ1n) is 8.77. The lowest BCUT2D eigenvalue weighted by Crippen LogP contribution is -2.10. The number of carboxylic acid groups (broad SMARTS) is 1. The summed E-state index contributed by atoms with van der Waals surface area (Å²) in [7, 11) is 1.92. The van der Waals surface area contributed by atoms with Crippen LogP contribution < -0.4 is 0 Å². The highest BCUT2D eigenvalue weighted by atomic mass is 16.4. The number of hydrogen-bond donors (Lipinski definition) is 1. The molecule has 0 aliphatic rings. The molecule has 2 aromatic rings. The Morgan fingerprint density at radius 1 is 1.19 bits per heavy atom. The van der Waals surface area contributed by atoms with E-state index in [2.05, 4.69) is 19.1 Å². The summed E-state index contributed by atoms with van der Waals surface area (Å²) in [5, 5.41) is 16.8. The number of carbonyl (C=O) groups excluding carboxylic acids is 1. The smallest absolute Gasteiger partial charge is 0.303 e. The van der Waals surface area contributed by atoms with Crippen LogP contribution in [0.4, 0.5) is 0 Å². The quantitative estimate of drug-likeness (QED) is 0.786. The number of nitrogens with zero attached hydrogens (tertiary/aromatic N) is 2. The zero-order valence-electron chi connectivity index (χ0n) is 15.9. The zero-order valence-corrected chi connectivity index (χ0v) is 15.9. The van der Waals surface area contributed by atoms with Crippen LogP contribution in [-0.2, 0) is 18.3 Å². The van der Waals surface area contributed by atoms with E-state index in [4.69, 9.17) is 10.4 Å². The van der Waals surface area contributed by atoms with Crippen molar-refractivity contribution in [3.05, 3.63) is 58.4 Å². The van der Waals surface area contributed by atoms with Crippen LogP contribution in [0.5, 0.6) is 0 Å². The molecule has 1 heterocycles. The summed E-state index contributed by atoms with van der Waals surface area (Å²) < 4.78 is 1.95. The number of aliphatic carboxylic acids is 1. The highest BCUT2D eigenvalue weighted by Gasteiger charge is 2.17. The average Bonchev–Trinajstić information content (AvgIpc) is 2.93. The normalized spacial score (nSPS) is 9.81. The molecule has 5 heteroatoms. The van der Waals surface area contributed by atoms with Gasteiger partial charge in [-0.05, 0) is 55.7 Å². The Balaban J connectivity index is 0.000000412. The van der Waals surface area contributed by atoms with E-state index in [-0.39, 0.29) is 5.78 Å². The van der Waals surface area contributed by atoms with E-state index >= 15 is 0 Å². The Morgan fingerprint density at radius 3 is 2.19 bits per heavy atom. The molecule has 0 bridgehead atoms. The molecule has 0 radical (unpaired) electrons. The molecule has 5 nitrogen and oxygen atoms in total. The van der Waals surface area contributed by atoms with Crippen LogP contribution in [0.2, 0.25) is 0 Å². The van der Waals surface area contributed by atoms with Crippen LogP contribution in [0.15, 0.2) is 30.3 Å². The first-order valence-corrected chi connectivity index (χ1v) is 8.77. The second-order valence-corrected chi connectivity index (χ2v) is 6.10. The van der Waals surface area contributed by atoms with Crippen LogP contribution in [0.3, 0.4) is 0 Å². The molecule has 2 rings (SSSR count). The van der Waals surface area contributed by atoms with Crippen molar-refractivity contribution < 1.29 is 14.7 Å². The summed E-state index contributed by atoms with van der Waals surface area (Å²) in [6.07, 6.45) is 2.98. The largest absolute Gasteiger partial charge is 0.481 e. The number of nitriles is 1. The predicted octanol–water partition coefficient (Wildman–Crippen LogP) is 4.26. The number of aromatic nitrogens is 1. The predicted molar refractivity (Wildman–Crippen MR) is 101 cm³/mol. The molecule has 0 saturated carbocycles. The monoisotopic (exact) mass is 354 g/mol. The molecule has 0 saturated heterocycles. The van der Waals surface area contributed by atoms with Crippen LogP contribution in [-0.4, -0.2) is 21.4 Å². The molecule has 26 heavy (non-hydrogen) atoms. The molecule has 1 aromatic carbocycles. The minimum Gasteiger partial charge on any atom is -0.481 e. The fraction of sp³-hybridized carbons (Fsp3) is 0.381. The average molecular weight is 354 g/mol. The van der Waals surface area contributed by atoms with Gasteiger partial charge in [0.05, 0.1) is 17.3 Å². The van der Waals surface area contributed by atoms with Crippen molar-refractivity contribution in [2.45, 2.75) is 46.5 Å². The number of ketones is 1. The lowest BCUT2D eigenvalue weighted by atomic mass is 10.0. The van der Waals surface area contributed by atoms with E-state index in [0.717, 1.165) is 36.2 Å². The maximum absolute atomic E-state index is 12.5. The van der Waals surface area contributed by atoms with Gasteiger partial charge in [-0.3, -0.25) is 9.59 Å². The molecule has 0 atom stereocenters. The van der Waals surface area contributed by atoms with Gasteiger partial charge in [-0.15, -0.1) is 0 Å². The van der Waals surface area contributed by atoms with E-state index in [1.54, 1.807) is 24.3 Å². The minimum atomic E-state index is -0.693. The topological polar surface area (TPSA) is 83.1 Å². The third-order valence-electron chi connectivity index (χ3n) is 4.12. The van der Waals surface area contributed by atoms with Crippen molar-refractivity contribution in [2.24, 2.45) is 7.05 Å². The maximum Gasteiger partial charge on any atom is 0.303 e. The summed E-state index contributed by atoms with van der Waals surface area (Å²) in [5.74, 6) is -0.689. The summed E-state index contributed by atoms with van der Waals surface area (Å²) in [6, 6.07) is 10.9. The van der Waals surface area contributed by atoms with Crippen LogP contribution in [0, 0.1) is 18.3 Å². The second-order valence-electron chi connectivity index (χ2n) is 6.10. The minimum absolute atomic E-state index is 0.00388. The van der Waals surface area contributed by atoms with Gasteiger partial charge in [-0.2, -0.15) is 5.26 Å². The van der Waals surface area contributed by atoms with E-state index < -0.39 is 5.97 Å². The van der Waals surface area contributed by atoms with Gasteiger partial charge in [0.2, 0.25) is 5.78 Å². The molecular formula is C21H26N2O3. The van der Waals surface area contributed by atoms with E-state index in [1.807, 2.05) is 25.5 Å². The van der Waals surface area contributed by atoms with Gasteiger partial charge in [0.25, 0.3) is 0 Å². The van der Waals surface area contributed by atoms with Gasteiger partial charge >= 0.3 is 5.97 Å². The lowest BCUT2D eigenvalue weighted by molar-refractivity contribution is -0.137. The Morgan fingerprint density at radius 2 is 1.81 bits per heavy atom. The highest BCUT2D eigenvalue weighted by molar-refractivity contribution is 6.09. The van der Waals surface area contributed by atoms with Crippen LogP contribution in [0.1, 0.15) is 66.0 Å². The number of rotatable bonds is 6. The molecule has 0 spiro atoms. The Labute approximate surface area is 154 Å². The molecule has 0 aliphatic heterocycles. The maximum atomic E-state index is 12.5. The van der Waals surface area contributed by atoms with Gasteiger partial charge in [-0.25, -0.2) is 0 Å².